The Morgan fingerprint density at radius 2 is 1.83 bits per heavy atom. The monoisotopic (exact) mass is 218 g/mol. The minimum atomic E-state index is -0.745. The van der Waals surface area contributed by atoms with E-state index in [1.807, 2.05) is 0 Å². The molecule has 0 fully saturated rings. The number of carboxylic acid groups (broad SMARTS) is 1. The zero-order valence-electron chi connectivity index (χ0n) is 6.44. The molecule has 0 aliphatic carbocycles. The maximum atomic E-state index is 9.37. The number of nitrogens with zero attached hydrogens (tertiary/aromatic N) is 3. The first-order chi connectivity index (χ1) is 5.27. The summed E-state index contributed by atoms with van der Waals surface area (Å²) in [7, 11) is 0. The van der Waals surface area contributed by atoms with Gasteiger partial charge in [-0.05, 0) is 11.3 Å². The molecule has 1 aromatic rings. The van der Waals surface area contributed by atoms with Crippen LogP contribution in [0.2, 0.25) is 0 Å². The average molecular weight is 219 g/mol. The Labute approximate surface area is 80.7 Å². The van der Waals surface area contributed by atoms with Crippen molar-refractivity contribution in [3.8, 4) is 0 Å². The zero-order chi connectivity index (χ0) is 8.53. The molecule has 0 unspecified atom stereocenters. The van der Waals surface area contributed by atoms with Crippen LogP contribution in [-0.4, -0.2) is 26.5 Å². The van der Waals surface area contributed by atoms with Crippen molar-refractivity contribution in [2.45, 2.75) is 13.3 Å². The van der Waals surface area contributed by atoms with Crippen LogP contribution >= 0.6 is 0 Å². The van der Waals surface area contributed by atoms with Crippen molar-refractivity contribution >= 4 is 5.97 Å². The fourth-order valence-corrected chi connectivity index (χ4v) is 0.205. The Morgan fingerprint density at radius 3 is 1.92 bits per heavy atom. The second-order valence-electron chi connectivity index (χ2n) is 1.56. The predicted octanol–water partition coefficient (Wildman–Crippen LogP) is 0.350. The van der Waals surface area contributed by atoms with Crippen LogP contribution in [0.25, 0.3) is 0 Å². The van der Waals surface area contributed by atoms with E-state index in [0.717, 1.165) is 0 Å². The summed E-state index contributed by atoms with van der Waals surface area (Å²) in [6, 6.07) is 1.72. The fraction of sp³-hybridized carbons (Fsp3) is 0.333. The summed E-state index contributed by atoms with van der Waals surface area (Å²) < 4.78 is 0. The Balaban J connectivity index is 0. The number of aromatic nitrogens is 3. The molecule has 5 nitrogen and oxygen atoms in total. The van der Waals surface area contributed by atoms with Gasteiger partial charge in [-0.15, -0.1) is 10.2 Å². The molecule has 0 spiro atoms. The van der Waals surface area contributed by atoms with Crippen LogP contribution in [0, 0.1) is 0 Å². The number of hydrogen-bond acceptors (Lipinski definition) is 4. The van der Waals surface area contributed by atoms with Gasteiger partial charge in [-0.25, -0.2) is 0 Å². The molecule has 1 rings (SSSR count). The van der Waals surface area contributed by atoms with E-state index in [2.05, 4.69) is 15.4 Å². The van der Waals surface area contributed by atoms with E-state index >= 15 is 0 Å². The number of aliphatic carboxylic acids is 1. The average Bonchev–Trinajstić information content (AvgIpc) is 2.09. The number of carbonyl (C=O) groups is 1. The third-order valence-electron chi connectivity index (χ3n) is 0.711. The smallest absolute Gasteiger partial charge is 0.303 e. The van der Waals surface area contributed by atoms with Gasteiger partial charge in [0.1, 0.15) is 0 Å². The summed E-state index contributed by atoms with van der Waals surface area (Å²) in [5.41, 5.74) is 0. The molecular weight excluding hydrogens is 210 g/mol. The first-order valence-corrected chi connectivity index (χ1v) is 3.07. The van der Waals surface area contributed by atoms with Gasteiger partial charge in [0.05, 0.1) is 12.4 Å². The Morgan fingerprint density at radius 1 is 1.42 bits per heavy atom. The standard InChI is InChI=1S/C3H3N3.C3H6O2.Cu/c1-2-4-6-5-3-1;1-2-3(4)5;/h1-3H;2H2,1H3,(H,4,5);. The first-order valence-electron chi connectivity index (χ1n) is 3.07. The minimum Gasteiger partial charge on any atom is -0.481 e. The molecule has 0 aliphatic heterocycles. The number of carboxylic acids is 1. The maximum absolute atomic E-state index is 9.37. The van der Waals surface area contributed by atoms with Crippen molar-refractivity contribution in [1.82, 2.24) is 15.4 Å². The van der Waals surface area contributed by atoms with E-state index in [0.29, 0.717) is 0 Å². The van der Waals surface area contributed by atoms with Crippen molar-refractivity contribution < 1.29 is 27.0 Å². The molecule has 12 heavy (non-hydrogen) atoms. The maximum Gasteiger partial charge on any atom is 0.303 e. The molecule has 1 heterocycles. The van der Waals surface area contributed by atoms with E-state index in [4.69, 9.17) is 5.11 Å². The molecule has 1 N–H and O–H groups in total. The molecule has 0 saturated heterocycles. The van der Waals surface area contributed by atoms with Crippen molar-refractivity contribution in [2.75, 3.05) is 0 Å². The molecule has 0 amide bonds. The van der Waals surface area contributed by atoms with E-state index in [-0.39, 0.29) is 23.5 Å². The van der Waals surface area contributed by atoms with Crippen molar-refractivity contribution in [3.05, 3.63) is 18.5 Å². The molecule has 0 atom stereocenters. The third-order valence-corrected chi connectivity index (χ3v) is 0.711. The molecular formula is C6H9CuN3O2. The summed E-state index contributed by atoms with van der Waals surface area (Å²) in [5, 5.41) is 17.9. The first kappa shape index (κ1) is 13.6. The van der Waals surface area contributed by atoms with Crippen LogP contribution in [0.1, 0.15) is 13.3 Å². The van der Waals surface area contributed by atoms with Gasteiger partial charge in [-0.3, -0.25) is 4.79 Å². The molecule has 0 aromatic carbocycles. The van der Waals surface area contributed by atoms with Crippen molar-refractivity contribution in [2.24, 2.45) is 0 Å². The van der Waals surface area contributed by atoms with Gasteiger partial charge in [-0.2, -0.15) is 0 Å². The number of rotatable bonds is 1. The largest absolute Gasteiger partial charge is 0.481 e. The SMILES string of the molecule is CCC(=O)O.[Cu].c1cnnnc1. The van der Waals surface area contributed by atoms with Gasteiger partial charge < -0.3 is 5.11 Å². The van der Waals surface area contributed by atoms with Crippen LogP contribution in [0.15, 0.2) is 18.5 Å². The van der Waals surface area contributed by atoms with Crippen molar-refractivity contribution in [1.29, 1.82) is 0 Å². The Bertz CT molecular complexity index is 169. The van der Waals surface area contributed by atoms with E-state index in [9.17, 15) is 4.79 Å². The molecule has 6 heteroatoms. The second-order valence-corrected chi connectivity index (χ2v) is 1.56. The molecule has 1 aromatic heterocycles. The molecule has 0 aliphatic rings. The van der Waals surface area contributed by atoms with Crippen LogP contribution < -0.4 is 0 Å². The minimum absolute atomic E-state index is 0. The molecule has 71 valence electrons. The summed E-state index contributed by atoms with van der Waals surface area (Å²) in [4.78, 5) is 9.37. The summed E-state index contributed by atoms with van der Waals surface area (Å²) in [6.45, 7) is 1.60. The Hall–Kier alpha value is -1.00. The summed E-state index contributed by atoms with van der Waals surface area (Å²) in [6.07, 6.45) is 3.38. The van der Waals surface area contributed by atoms with Gasteiger partial charge >= 0.3 is 5.97 Å². The Kier molecular flexibility index (Phi) is 11.3. The van der Waals surface area contributed by atoms with E-state index < -0.39 is 5.97 Å². The summed E-state index contributed by atoms with van der Waals surface area (Å²) in [5.74, 6) is -0.745. The van der Waals surface area contributed by atoms with E-state index in [1.165, 1.54) is 0 Å². The van der Waals surface area contributed by atoms with Crippen LogP contribution in [-0.2, 0) is 21.9 Å². The van der Waals surface area contributed by atoms with Crippen LogP contribution in [0.5, 0.6) is 0 Å². The zero-order valence-corrected chi connectivity index (χ0v) is 7.38. The van der Waals surface area contributed by atoms with Gasteiger partial charge in [-0.1, -0.05) is 6.92 Å². The normalized spacial score (nSPS) is 7.08. The summed E-state index contributed by atoms with van der Waals surface area (Å²) >= 11 is 0. The van der Waals surface area contributed by atoms with Crippen LogP contribution in [0.3, 0.4) is 0 Å². The molecule has 0 saturated carbocycles. The van der Waals surface area contributed by atoms with Crippen LogP contribution in [0.4, 0.5) is 0 Å². The van der Waals surface area contributed by atoms with E-state index in [1.54, 1.807) is 25.4 Å². The topological polar surface area (TPSA) is 76.0 Å². The van der Waals surface area contributed by atoms with Gasteiger partial charge in [0.15, 0.2) is 0 Å². The third kappa shape index (κ3) is 11.8. The number of hydrogen-bond donors (Lipinski definition) is 1. The molecule has 0 bridgehead atoms. The van der Waals surface area contributed by atoms with Gasteiger partial charge in [0.25, 0.3) is 0 Å². The van der Waals surface area contributed by atoms with Crippen molar-refractivity contribution in [3.63, 3.8) is 0 Å². The van der Waals surface area contributed by atoms with Gasteiger partial charge in [0.2, 0.25) is 0 Å². The quantitative estimate of drug-likeness (QED) is 0.689. The van der Waals surface area contributed by atoms with Gasteiger partial charge in [0, 0.05) is 23.5 Å². The molecule has 1 radical (unpaired) electrons. The second kappa shape index (κ2) is 10.00. The fourth-order valence-electron chi connectivity index (χ4n) is 0.205. The predicted molar refractivity (Wildman–Crippen MR) is 37.8 cm³/mol.